The first-order valence-electron chi connectivity index (χ1n) is 12.1. The second kappa shape index (κ2) is 16.6. The van der Waals surface area contributed by atoms with Crippen LogP contribution in [-0.4, -0.2) is 30.5 Å². The van der Waals surface area contributed by atoms with Crippen molar-refractivity contribution in [3.8, 4) is 5.75 Å². The van der Waals surface area contributed by atoms with Gasteiger partial charge in [-0.15, -0.1) is 10.2 Å². The number of hydrogen-bond donors (Lipinski definition) is 4. The number of para-hydroxylation sites is 1. The second-order valence-corrected chi connectivity index (χ2v) is 11.3. The number of aliphatic imine (C=N–C) groups is 1. The van der Waals surface area contributed by atoms with Gasteiger partial charge >= 0.3 is 59.1 Å². The summed E-state index contributed by atoms with van der Waals surface area (Å²) in [5.41, 5.74) is 0.759. The van der Waals surface area contributed by atoms with Gasteiger partial charge in [0, 0.05) is 22.4 Å². The molecule has 1 aliphatic heterocycles. The molecule has 1 heterocycles. The van der Waals surface area contributed by atoms with Crippen LogP contribution in [0.1, 0.15) is 0 Å². The summed E-state index contributed by atoms with van der Waals surface area (Å²) in [6.07, 6.45) is -3.37. The normalized spacial score (nSPS) is 14.7. The van der Waals surface area contributed by atoms with E-state index in [-0.39, 0.29) is 92.0 Å². The van der Waals surface area contributed by atoms with Gasteiger partial charge in [-0.2, -0.15) is 13.7 Å². The maximum absolute atomic E-state index is 13.8. The Labute approximate surface area is 313 Å². The molecule has 0 saturated carbocycles. The first kappa shape index (κ1) is 38.1. The quantitative estimate of drug-likeness (QED) is 0.0327. The zero-order chi connectivity index (χ0) is 31.4. The number of amidine groups is 1. The maximum Gasteiger partial charge on any atom is 1.00 e. The van der Waals surface area contributed by atoms with E-state index in [1.807, 2.05) is 30.3 Å². The summed E-state index contributed by atoms with van der Waals surface area (Å²) < 4.78 is 68.2. The summed E-state index contributed by atoms with van der Waals surface area (Å²) in [4.78, 5) is 2.19. The minimum atomic E-state index is -5.15. The summed E-state index contributed by atoms with van der Waals surface area (Å²) in [7, 11) is -5.15. The van der Waals surface area contributed by atoms with E-state index < -0.39 is 43.9 Å². The molecule has 0 amide bonds. The van der Waals surface area contributed by atoms with Crippen molar-refractivity contribution in [3.05, 3.63) is 83.6 Å². The minimum Gasteiger partial charge on any atom is -0.744 e. The van der Waals surface area contributed by atoms with Crippen LogP contribution >= 0.6 is 23.6 Å². The molecule has 0 saturated heterocycles. The fraction of sp³-hybridized carbons (Fsp3) is 0.0385. The number of aromatic hydroxyl groups is 1. The summed E-state index contributed by atoms with van der Waals surface area (Å²) in [6.45, 7) is 0. The molecule has 1 unspecified atom stereocenters. The Bertz CT molecular complexity index is 1940. The Hall–Kier alpha value is -2.36. The van der Waals surface area contributed by atoms with Gasteiger partial charge in [-0.25, -0.2) is 12.8 Å². The molecule has 0 spiro atoms. The van der Waals surface area contributed by atoms with E-state index in [1.54, 1.807) is 6.07 Å². The van der Waals surface area contributed by atoms with Gasteiger partial charge in [0.25, 0.3) is 6.09 Å². The van der Waals surface area contributed by atoms with E-state index in [0.29, 0.717) is 17.7 Å². The van der Waals surface area contributed by atoms with Crippen molar-refractivity contribution in [1.29, 1.82) is 0 Å². The van der Waals surface area contributed by atoms with Crippen molar-refractivity contribution in [2.24, 2.45) is 15.2 Å². The number of rotatable bonds is 10. The molecule has 4 aromatic rings. The Morgan fingerprint density at radius 3 is 2.39 bits per heavy atom. The average Bonchev–Trinajstić information content (AvgIpc) is 2.99. The Kier molecular flexibility index (Phi) is 13.8. The van der Waals surface area contributed by atoms with Crippen molar-refractivity contribution in [3.63, 3.8) is 0 Å². The Morgan fingerprint density at radius 1 is 1.00 bits per heavy atom. The summed E-state index contributed by atoms with van der Waals surface area (Å²) in [6, 6.07) is 18.8. The summed E-state index contributed by atoms with van der Waals surface area (Å²) >= 11 is 6.22. The molecule has 0 bridgehead atoms. The number of nitrogens with zero attached hydrogens (tertiary/aromatic N) is 3. The van der Waals surface area contributed by atoms with Crippen LogP contribution < -0.4 is 80.3 Å². The number of hydrogen-bond acceptors (Lipinski definition) is 14. The minimum absolute atomic E-state index is 0. The van der Waals surface area contributed by atoms with Gasteiger partial charge in [0.05, 0.1) is 21.8 Å². The van der Waals surface area contributed by atoms with Gasteiger partial charge in [0.1, 0.15) is 32.3 Å². The van der Waals surface area contributed by atoms with E-state index in [2.05, 4.69) is 40.5 Å². The molecule has 1 aliphatic rings. The molecule has 13 nitrogen and oxygen atoms in total. The van der Waals surface area contributed by atoms with Crippen LogP contribution in [-0.2, 0) is 19.5 Å². The number of azo groups is 1. The molecule has 20 heteroatoms. The number of alkyl halides is 1. The maximum atomic E-state index is 13.8. The first-order chi connectivity index (χ1) is 21.0. The molecule has 228 valence electrons. The molecule has 4 N–H and O–H groups in total. The van der Waals surface area contributed by atoms with Crippen molar-refractivity contribution < 1.29 is 101 Å². The van der Waals surface area contributed by atoms with Crippen LogP contribution in [0.25, 0.3) is 10.8 Å². The fourth-order valence-electron chi connectivity index (χ4n) is 4.00. The van der Waals surface area contributed by atoms with Gasteiger partial charge in [0.2, 0.25) is 6.30 Å². The monoisotopic (exact) mass is 708 g/mol. The van der Waals surface area contributed by atoms with E-state index >= 15 is 0 Å². The standard InChI is InChI=1S/C26H19ClF2N6O7S2.2Na/c27-21-24(28)32-26(29)33-25(21)31-16-8-9-18(19(12-16)43-42-41-37)34-35-22-20(44(38,39)40)10-13-6-7-15(11-17(13)23(22)36)30-14-4-2-1-3-5-14;;/h1-12,24,30-31,36-37H,(H,32,33)(H,38,39,40);;/q;2*+1/p-2. The number of fused-ring (bicyclic) bond motifs is 1. The van der Waals surface area contributed by atoms with Crippen LogP contribution in [0.5, 0.6) is 5.75 Å². The first-order valence-corrected chi connectivity index (χ1v) is 14.6. The fourth-order valence-corrected chi connectivity index (χ4v) is 5.25. The number of phenols is 1. The van der Waals surface area contributed by atoms with Gasteiger partial charge in [-0.3, -0.25) is 5.04 Å². The van der Waals surface area contributed by atoms with Crippen LogP contribution in [0.15, 0.2) is 109 Å². The Morgan fingerprint density at radius 2 is 1.70 bits per heavy atom. The molecule has 0 radical (unpaired) electrons. The number of halogens is 3. The SMILES string of the molecule is O=S(=O)([O-])c1cc2ccc(Nc3ccccc3)cc2c(O)c1N=Nc1ccc(NC2=C(Cl)C(F)N=C(F)N2)cc1SOO[O-].[Na+].[Na+]. The van der Waals surface area contributed by atoms with Crippen molar-refractivity contribution >= 4 is 79.1 Å². The molecular formula is C26H17ClF2N6Na2O7S2. The van der Waals surface area contributed by atoms with E-state index in [0.717, 1.165) is 11.8 Å². The van der Waals surface area contributed by atoms with Crippen LogP contribution in [0, 0.1) is 0 Å². The average molecular weight is 709 g/mol. The van der Waals surface area contributed by atoms with Crippen LogP contribution in [0.4, 0.5) is 37.2 Å². The predicted molar refractivity (Wildman–Crippen MR) is 155 cm³/mol. The van der Waals surface area contributed by atoms with Gasteiger partial charge in [0.15, 0.2) is 5.75 Å². The molecule has 4 aromatic carbocycles. The van der Waals surface area contributed by atoms with E-state index in [9.17, 15) is 32.1 Å². The number of nitrogens with one attached hydrogen (secondary N) is 3. The van der Waals surface area contributed by atoms with Crippen LogP contribution in [0.2, 0.25) is 0 Å². The zero-order valence-electron chi connectivity index (χ0n) is 23.7. The molecule has 0 aliphatic carbocycles. The van der Waals surface area contributed by atoms with Gasteiger partial charge < -0.3 is 30.9 Å². The Balaban J connectivity index is 0.00000288. The van der Waals surface area contributed by atoms with Crippen LogP contribution in [0.3, 0.4) is 0 Å². The second-order valence-electron chi connectivity index (χ2n) is 8.78. The molecule has 0 aromatic heterocycles. The number of anilines is 3. The van der Waals surface area contributed by atoms with E-state index in [1.165, 1.54) is 30.3 Å². The third-order valence-electron chi connectivity index (χ3n) is 5.93. The smallest absolute Gasteiger partial charge is 0.744 e. The number of phenolic OH excluding ortho intramolecular Hbond substituents is 1. The zero-order valence-corrected chi connectivity index (χ0v) is 30.1. The largest absolute Gasteiger partial charge is 1.00 e. The van der Waals surface area contributed by atoms with Crippen molar-refractivity contribution in [1.82, 2.24) is 5.32 Å². The topological polar surface area (TPSA) is 192 Å². The van der Waals surface area contributed by atoms with Gasteiger partial charge in [-0.1, -0.05) is 35.9 Å². The molecule has 1 atom stereocenters. The molecule has 46 heavy (non-hydrogen) atoms. The number of benzene rings is 4. The molecule has 0 fully saturated rings. The van der Waals surface area contributed by atoms with E-state index in [4.69, 9.17) is 11.6 Å². The molecular weight excluding hydrogens is 692 g/mol. The predicted octanol–water partition coefficient (Wildman–Crippen LogP) is -0.109. The third kappa shape index (κ3) is 9.16. The van der Waals surface area contributed by atoms with Crippen molar-refractivity contribution in [2.75, 3.05) is 10.6 Å². The van der Waals surface area contributed by atoms with Gasteiger partial charge in [-0.05, 0) is 53.9 Å². The molecule has 5 rings (SSSR count). The third-order valence-corrected chi connectivity index (χ3v) is 7.77. The summed E-state index contributed by atoms with van der Waals surface area (Å²) in [5.74, 6) is -0.899. The van der Waals surface area contributed by atoms with Crippen molar-refractivity contribution in [2.45, 2.75) is 16.1 Å². The summed E-state index contributed by atoms with van der Waals surface area (Å²) in [5, 5.41) is 40.6.